The molecule has 0 aliphatic rings. The minimum Gasteiger partial charge on any atom is -0.497 e. The van der Waals surface area contributed by atoms with Crippen molar-refractivity contribution in [3.63, 3.8) is 0 Å². The molecule has 2 rings (SSSR count). The average molecular weight is 356 g/mol. The lowest BCUT2D eigenvalue weighted by Crippen LogP contribution is -2.01. The Morgan fingerprint density at radius 1 is 1.29 bits per heavy atom. The van der Waals surface area contributed by atoms with Crippen molar-refractivity contribution in [1.82, 2.24) is 0 Å². The molecule has 0 spiro atoms. The number of benzene rings is 2. The Hall–Kier alpha value is -2.15. The van der Waals surface area contributed by atoms with Crippen molar-refractivity contribution in [3.8, 4) is 11.5 Å². The highest BCUT2D eigenvalue weighted by Gasteiger charge is 2.16. The number of nitro groups is 1. The first-order valence-electron chi connectivity index (χ1n) is 5.90. The molecule has 2 aromatic rings. The van der Waals surface area contributed by atoms with Gasteiger partial charge in [-0.3, -0.25) is 10.1 Å². The molecule has 110 valence electrons. The maximum Gasteiger partial charge on any atom is 0.311 e. The van der Waals surface area contributed by atoms with Crippen LogP contribution in [0.5, 0.6) is 11.5 Å². The first-order valence-corrected chi connectivity index (χ1v) is 6.69. The molecule has 0 N–H and O–H groups in total. The lowest BCUT2D eigenvalue weighted by Gasteiger charge is -2.10. The van der Waals surface area contributed by atoms with E-state index in [1.54, 1.807) is 18.2 Å². The smallest absolute Gasteiger partial charge is 0.311 e. The number of hydrogen-bond acceptors (Lipinski definition) is 4. The van der Waals surface area contributed by atoms with Gasteiger partial charge in [-0.2, -0.15) is 0 Å². The summed E-state index contributed by atoms with van der Waals surface area (Å²) in [5.41, 5.74) is 0.448. The van der Waals surface area contributed by atoms with Crippen LogP contribution in [0, 0.1) is 15.9 Å². The van der Waals surface area contributed by atoms with Crippen molar-refractivity contribution in [2.24, 2.45) is 0 Å². The van der Waals surface area contributed by atoms with Gasteiger partial charge < -0.3 is 9.47 Å². The molecule has 0 atom stereocenters. The zero-order valence-corrected chi connectivity index (χ0v) is 12.6. The van der Waals surface area contributed by atoms with E-state index in [2.05, 4.69) is 15.9 Å². The molecule has 0 saturated carbocycles. The van der Waals surface area contributed by atoms with Gasteiger partial charge in [-0.15, -0.1) is 0 Å². The number of methoxy groups -OCH3 is 1. The first kappa shape index (κ1) is 15.2. The zero-order chi connectivity index (χ0) is 15.4. The van der Waals surface area contributed by atoms with Gasteiger partial charge in [0, 0.05) is 22.2 Å². The Kier molecular flexibility index (Phi) is 4.74. The van der Waals surface area contributed by atoms with Crippen molar-refractivity contribution >= 4 is 21.6 Å². The van der Waals surface area contributed by atoms with Gasteiger partial charge in [-0.25, -0.2) is 4.39 Å². The van der Waals surface area contributed by atoms with E-state index in [1.807, 2.05) is 0 Å². The van der Waals surface area contributed by atoms with Gasteiger partial charge in [-0.1, -0.05) is 15.9 Å². The predicted molar refractivity (Wildman–Crippen MR) is 78.1 cm³/mol. The maximum atomic E-state index is 13.2. The van der Waals surface area contributed by atoms with Crippen LogP contribution in [-0.4, -0.2) is 12.0 Å². The number of halogens is 2. The van der Waals surface area contributed by atoms with E-state index in [-0.39, 0.29) is 18.0 Å². The average Bonchev–Trinajstić information content (AvgIpc) is 2.46. The summed E-state index contributed by atoms with van der Waals surface area (Å²) in [7, 11) is 1.53. The second-order valence-corrected chi connectivity index (χ2v) is 4.97. The Bertz CT molecular complexity index is 678. The summed E-state index contributed by atoms with van der Waals surface area (Å²) in [5.74, 6) is -0.0828. The molecular weight excluding hydrogens is 345 g/mol. The number of nitrogens with zero attached hydrogens (tertiary/aromatic N) is 1. The minimum atomic E-state index is -0.616. The summed E-state index contributed by atoms with van der Waals surface area (Å²) in [5, 5.41) is 10.9. The van der Waals surface area contributed by atoms with Gasteiger partial charge in [0.05, 0.1) is 12.0 Å². The number of nitro benzene ring substituents is 1. The van der Waals surface area contributed by atoms with E-state index in [0.29, 0.717) is 5.75 Å². The molecule has 0 fully saturated rings. The quantitative estimate of drug-likeness (QED) is 0.598. The molecule has 21 heavy (non-hydrogen) atoms. The van der Waals surface area contributed by atoms with Crippen LogP contribution < -0.4 is 9.47 Å². The van der Waals surface area contributed by atoms with Crippen molar-refractivity contribution < 1.29 is 18.8 Å². The second kappa shape index (κ2) is 6.53. The molecule has 0 aliphatic heterocycles. The van der Waals surface area contributed by atoms with E-state index < -0.39 is 10.7 Å². The molecule has 0 bridgehead atoms. The fourth-order valence-electron chi connectivity index (χ4n) is 1.70. The van der Waals surface area contributed by atoms with Crippen molar-refractivity contribution in [1.29, 1.82) is 0 Å². The first-order chi connectivity index (χ1) is 10.0. The largest absolute Gasteiger partial charge is 0.497 e. The summed E-state index contributed by atoms with van der Waals surface area (Å²) in [4.78, 5) is 10.3. The molecular formula is C14H11BrFNO4. The molecule has 2 aromatic carbocycles. The van der Waals surface area contributed by atoms with E-state index in [4.69, 9.17) is 9.47 Å². The van der Waals surface area contributed by atoms with Crippen LogP contribution in [0.4, 0.5) is 10.1 Å². The van der Waals surface area contributed by atoms with Crippen molar-refractivity contribution in [2.45, 2.75) is 6.61 Å². The maximum absolute atomic E-state index is 13.2. The van der Waals surface area contributed by atoms with E-state index in [9.17, 15) is 14.5 Å². The molecule has 0 amide bonds. The third-order valence-electron chi connectivity index (χ3n) is 2.75. The standard InChI is InChI=1S/C14H11BrFNO4/c1-20-11-3-4-12(15)9(6-11)8-21-14-7-10(16)2-5-13(14)17(18)19/h2-7H,8H2,1H3. The Balaban J connectivity index is 2.24. The third kappa shape index (κ3) is 3.69. The molecule has 0 aromatic heterocycles. The molecule has 0 heterocycles. The van der Waals surface area contributed by atoms with Gasteiger partial charge in [0.1, 0.15) is 18.2 Å². The molecule has 0 radical (unpaired) electrons. The van der Waals surface area contributed by atoms with Crippen LogP contribution in [0.15, 0.2) is 40.9 Å². The highest BCUT2D eigenvalue weighted by atomic mass is 79.9. The van der Waals surface area contributed by atoms with Crippen LogP contribution in [0.25, 0.3) is 0 Å². The summed E-state index contributed by atoms with van der Waals surface area (Å²) < 4.78 is 24.4. The van der Waals surface area contributed by atoms with Crippen LogP contribution in [0.1, 0.15) is 5.56 Å². The zero-order valence-electron chi connectivity index (χ0n) is 11.0. The fourth-order valence-corrected chi connectivity index (χ4v) is 2.06. The number of hydrogen-bond donors (Lipinski definition) is 0. The van der Waals surface area contributed by atoms with E-state index >= 15 is 0 Å². The monoisotopic (exact) mass is 355 g/mol. The van der Waals surface area contributed by atoms with Crippen LogP contribution in [0.2, 0.25) is 0 Å². The Labute approximate surface area is 128 Å². The Morgan fingerprint density at radius 3 is 2.71 bits per heavy atom. The van der Waals surface area contributed by atoms with Gasteiger partial charge in [0.15, 0.2) is 5.75 Å². The van der Waals surface area contributed by atoms with Crippen molar-refractivity contribution in [3.05, 3.63) is 62.4 Å². The molecule has 7 heteroatoms. The summed E-state index contributed by atoms with van der Waals surface area (Å²) in [6, 6.07) is 8.36. The van der Waals surface area contributed by atoms with Gasteiger partial charge >= 0.3 is 5.69 Å². The Morgan fingerprint density at radius 2 is 2.05 bits per heavy atom. The lowest BCUT2D eigenvalue weighted by atomic mass is 10.2. The topological polar surface area (TPSA) is 61.6 Å². The van der Waals surface area contributed by atoms with Gasteiger partial charge in [0.2, 0.25) is 0 Å². The summed E-state index contributed by atoms with van der Waals surface area (Å²) >= 11 is 3.35. The molecule has 0 aliphatic carbocycles. The number of ether oxygens (including phenoxy) is 2. The third-order valence-corrected chi connectivity index (χ3v) is 3.53. The number of rotatable bonds is 5. The SMILES string of the molecule is COc1ccc(Br)c(COc2cc(F)ccc2[N+](=O)[O-])c1. The summed E-state index contributed by atoms with van der Waals surface area (Å²) in [6.45, 7) is 0.0437. The van der Waals surface area contributed by atoms with E-state index in [0.717, 1.165) is 28.2 Å². The summed E-state index contributed by atoms with van der Waals surface area (Å²) in [6.07, 6.45) is 0. The molecule has 0 saturated heterocycles. The molecule has 0 unspecified atom stereocenters. The van der Waals surface area contributed by atoms with E-state index in [1.165, 1.54) is 7.11 Å². The highest BCUT2D eigenvalue weighted by Crippen LogP contribution is 2.30. The second-order valence-electron chi connectivity index (χ2n) is 4.12. The lowest BCUT2D eigenvalue weighted by molar-refractivity contribution is -0.386. The fraction of sp³-hybridized carbons (Fsp3) is 0.143. The van der Waals surface area contributed by atoms with Gasteiger partial charge in [-0.05, 0) is 24.3 Å². The minimum absolute atomic E-state index is 0.0437. The predicted octanol–water partition coefficient (Wildman–Crippen LogP) is 4.08. The molecule has 5 nitrogen and oxygen atoms in total. The van der Waals surface area contributed by atoms with Crippen molar-refractivity contribution in [2.75, 3.05) is 7.11 Å². The van der Waals surface area contributed by atoms with Crippen LogP contribution in [-0.2, 0) is 6.61 Å². The van der Waals surface area contributed by atoms with Crippen LogP contribution in [0.3, 0.4) is 0 Å². The normalized spacial score (nSPS) is 10.2. The van der Waals surface area contributed by atoms with Gasteiger partial charge in [0.25, 0.3) is 0 Å². The van der Waals surface area contributed by atoms with Crippen LogP contribution >= 0.6 is 15.9 Å². The highest BCUT2D eigenvalue weighted by molar-refractivity contribution is 9.10.